The molecule has 2 aliphatic rings. The average Bonchev–Trinajstić information content (AvgIpc) is 2.32. The van der Waals surface area contributed by atoms with Crippen LogP contribution in [0.5, 0.6) is 11.5 Å². The van der Waals surface area contributed by atoms with Crippen molar-refractivity contribution < 1.29 is 4.74 Å². The molecule has 2 heterocycles. The minimum atomic E-state index is 0.905. The second-order valence-corrected chi connectivity index (χ2v) is 4.52. The van der Waals surface area contributed by atoms with Crippen LogP contribution in [0.3, 0.4) is 0 Å². The van der Waals surface area contributed by atoms with Crippen molar-refractivity contribution in [3.05, 3.63) is 54.1 Å². The van der Waals surface area contributed by atoms with Gasteiger partial charge in [0.25, 0.3) is 0 Å². The molecule has 0 unspecified atom stereocenters. The molecular weight excluding hydrogens is 204 g/mol. The number of hydrogen-bond acceptors (Lipinski definition) is 2. The molecule has 4 rings (SSSR count). The van der Waals surface area contributed by atoms with Crippen LogP contribution < -0.4 is 4.74 Å². The maximum absolute atomic E-state index is 5.83. The summed E-state index contributed by atoms with van der Waals surface area (Å²) in [5, 5.41) is 0. The monoisotopic (exact) mass is 214 g/mol. The summed E-state index contributed by atoms with van der Waals surface area (Å²) in [7, 11) is 0. The summed E-state index contributed by atoms with van der Waals surface area (Å²) in [5.41, 5.74) is 1.28. The Balaban J connectivity index is 1.93. The number of fused-ring (bicyclic) bond motifs is 3. The second kappa shape index (κ2) is 3.63. The molecule has 0 N–H and O–H groups in total. The minimum absolute atomic E-state index is 0.905. The van der Waals surface area contributed by atoms with Crippen LogP contribution in [0.1, 0.15) is 5.56 Å². The molecule has 2 aromatic rings. The zero-order chi connectivity index (χ0) is 10.1. The molecule has 74 valence electrons. The predicted molar refractivity (Wildman–Crippen MR) is 62.5 cm³/mol. The minimum Gasteiger partial charge on any atom is -0.457 e. The summed E-state index contributed by atoms with van der Waals surface area (Å²) < 4.78 is 5.83. The molecule has 0 spiro atoms. The van der Waals surface area contributed by atoms with Crippen molar-refractivity contribution in [3.63, 3.8) is 0 Å². The Bertz CT molecular complexity index is 479. The van der Waals surface area contributed by atoms with E-state index in [0.717, 1.165) is 17.3 Å². The molecule has 1 nitrogen and oxygen atoms in total. The van der Waals surface area contributed by atoms with Crippen molar-refractivity contribution >= 4 is 11.8 Å². The molecule has 0 aliphatic carbocycles. The number of thioether (sulfide) groups is 1. The van der Waals surface area contributed by atoms with E-state index >= 15 is 0 Å². The van der Waals surface area contributed by atoms with Crippen LogP contribution in [-0.2, 0) is 5.75 Å². The first-order valence-corrected chi connectivity index (χ1v) is 5.89. The second-order valence-electron chi connectivity index (χ2n) is 3.47. The summed E-state index contributed by atoms with van der Waals surface area (Å²) in [6, 6.07) is 16.3. The normalized spacial score (nSPS) is 12.8. The van der Waals surface area contributed by atoms with Gasteiger partial charge in [-0.05, 0) is 24.3 Å². The smallest absolute Gasteiger partial charge is 0.132 e. The summed E-state index contributed by atoms with van der Waals surface area (Å²) >= 11 is 1.86. The maximum Gasteiger partial charge on any atom is 0.132 e. The van der Waals surface area contributed by atoms with E-state index in [1.807, 2.05) is 42.1 Å². The number of ether oxygens (including phenoxy) is 1. The highest BCUT2D eigenvalue weighted by atomic mass is 32.2. The highest BCUT2D eigenvalue weighted by Gasteiger charge is 2.12. The fourth-order valence-corrected chi connectivity index (χ4v) is 2.53. The first-order valence-electron chi connectivity index (χ1n) is 4.90. The van der Waals surface area contributed by atoms with Crippen molar-refractivity contribution in [1.29, 1.82) is 0 Å². The maximum atomic E-state index is 5.83. The van der Waals surface area contributed by atoms with E-state index in [4.69, 9.17) is 4.74 Å². The van der Waals surface area contributed by atoms with Gasteiger partial charge in [-0.1, -0.05) is 24.3 Å². The van der Waals surface area contributed by atoms with E-state index in [1.165, 1.54) is 10.5 Å². The molecule has 2 heteroatoms. The third kappa shape index (κ3) is 1.73. The lowest BCUT2D eigenvalue weighted by Gasteiger charge is -2.17. The molecule has 2 aromatic carbocycles. The third-order valence-corrected chi connectivity index (χ3v) is 3.45. The van der Waals surface area contributed by atoms with Crippen molar-refractivity contribution in [2.75, 3.05) is 0 Å². The van der Waals surface area contributed by atoms with Gasteiger partial charge in [0, 0.05) is 16.2 Å². The van der Waals surface area contributed by atoms with Crippen molar-refractivity contribution in [2.24, 2.45) is 0 Å². The number of para-hydroxylation sites is 1. The zero-order valence-corrected chi connectivity index (χ0v) is 8.96. The number of benzene rings is 2. The Morgan fingerprint density at radius 3 is 2.47 bits per heavy atom. The molecule has 0 fully saturated rings. The van der Waals surface area contributed by atoms with Crippen molar-refractivity contribution in [1.82, 2.24) is 0 Å². The molecule has 0 saturated heterocycles. The highest BCUT2D eigenvalue weighted by molar-refractivity contribution is 7.98. The first-order chi connectivity index (χ1) is 7.42. The molecule has 0 atom stereocenters. The first kappa shape index (κ1) is 8.86. The lowest BCUT2D eigenvalue weighted by Crippen LogP contribution is -1.95. The van der Waals surface area contributed by atoms with E-state index in [1.54, 1.807) is 0 Å². The van der Waals surface area contributed by atoms with Gasteiger partial charge in [0.2, 0.25) is 0 Å². The van der Waals surface area contributed by atoms with Crippen LogP contribution in [0.2, 0.25) is 0 Å². The van der Waals surface area contributed by atoms with Gasteiger partial charge >= 0.3 is 0 Å². The summed E-state index contributed by atoms with van der Waals surface area (Å²) in [6.07, 6.45) is 0. The lowest BCUT2D eigenvalue weighted by atomic mass is 10.2. The van der Waals surface area contributed by atoms with E-state index in [2.05, 4.69) is 18.2 Å². The lowest BCUT2D eigenvalue weighted by molar-refractivity contribution is 0.476. The Kier molecular flexibility index (Phi) is 2.14. The SMILES string of the molecule is c1ccc(Oc2cc3ccc2CS3)cc1. The van der Waals surface area contributed by atoms with Crippen LogP contribution in [0.25, 0.3) is 0 Å². The molecule has 0 saturated carbocycles. The Morgan fingerprint density at radius 2 is 1.87 bits per heavy atom. The van der Waals surface area contributed by atoms with Gasteiger partial charge in [-0.2, -0.15) is 0 Å². The van der Waals surface area contributed by atoms with E-state index in [0.29, 0.717) is 0 Å². The van der Waals surface area contributed by atoms with Crippen LogP contribution in [0.15, 0.2) is 53.4 Å². The quantitative estimate of drug-likeness (QED) is 0.744. The standard InChI is InChI=1S/C13H10OS/c1-2-4-11(5-3-1)14-13-8-12-7-6-10(13)9-15-12/h1-8H,9H2. The Morgan fingerprint density at radius 1 is 1.00 bits per heavy atom. The van der Waals surface area contributed by atoms with Gasteiger partial charge in [0.1, 0.15) is 11.5 Å². The Labute approximate surface area is 93.1 Å². The van der Waals surface area contributed by atoms with Crippen LogP contribution >= 0.6 is 11.8 Å². The van der Waals surface area contributed by atoms with E-state index in [9.17, 15) is 0 Å². The fourth-order valence-electron chi connectivity index (χ4n) is 1.62. The van der Waals surface area contributed by atoms with Crippen LogP contribution in [-0.4, -0.2) is 0 Å². The summed E-state index contributed by atoms with van der Waals surface area (Å²) in [4.78, 5) is 1.29. The highest BCUT2D eigenvalue weighted by Crippen LogP contribution is 2.38. The van der Waals surface area contributed by atoms with Gasteiger partial charge < -0.3 is 4.74 Å². The van der Waals surface area contributed by atoms with Crippen molar-refractivity contribution in [2.45, 2.75) is 10.6 Å². The number of hydrogen-bond donors (Lipinski definition) is 0. The molecular formula is C13H10OS. The van der Waals surface area contributed by atoms with Gasteiger partial charge in [-0.15, -0.1) is 11.8 Å². The molecule has 0 amide bonds. The molecule has 2 bridgehead atoms. The predicted octanol–water partition coefficient (Wildman–Crippen LogP) is 4.08. The molecule has 2 aliphatic heterocycles. The van der Waals surface area contributed by atoms with Gasteiger partial charge in [0.05, 0.1) is 0 Å². The average molecular weight is 214 g/mol. The largest absolute Gasteiger partial charge is 0.457 e. The zero-order valence-electron chi connectivity index (χ0n) is 8.14. The van der Waals surface area contributed by atoms with E-state index in [-0.39, 0.29) is 0 Å². The number of rotatable bonds is 2. The topological polar surface area (TPSA) is 9.23 Å². The summed E-state index contributed by atoms with van der Waals surface area (Å²) in [6.45, 7) is 0. The fraction of sp³-hybridized carbons (Fsp3) is 0.0769. The van der Waals surface area contributed by atoms with Gasteiger partial charge in [-0.25, -0.2) is 0 Å². The van der Waals surface area contributed by atoms with Crippen molar-refractivity contribution in [3.8, 4) is 11.5 Å². The Hall–Kier alpha value is -1.41. The summed E-state index contributed by atoms with van der Waals surface area (Å²) in [5.74, 6) is 2.94. The molecule has 0 aromatic heterocycles. The molecule has 0 radical (unpaired) electrons. The van der Waals surface area contributed by atoms with E-state index < -0.39 is 0 Å². The van der Waals surface area contributed by atoms with Gasteiger partial charge in [0.15, 0.2) is 0 Å². The van der Waals surface area contributed by atoms with Crippen LogP contribution in [0.4, 0.5) is 0 Å². The molecule has 15 heavy (non-hydrogen) atoms. The van der Waals surface area contributed by atoms with Gasteiger partial charge in [-0.3, -0.25) is 0 Å². The third-order valence-electron chi connectivity index (χ3n) is 2.40. The van der Waals surface area contributed by atoms with Crippen LogP contribution in [0, 0.1) is 0 Å².